The molecular weight excluding hydrogens is 360 g/mol. The van der Waals surface area contributed by atoms with E-state index in [-0.39, 0.29) is 5.82 Å². The molecule has 0 aliphatic heterocycles. The molecule has 0 N–H and O–H groups in total. The fraction of sp³-hybridized carbons (Fsp3) is 0.0714. The third-order valence-electron chi connectivity index (χ3n) is 2.89. The van der Waals surface area contributed by atoms with Gasteiger partial charge in [-0.15, -0.1) is 0 Å². The third-order valence-corrected chi connectivity index (χ3v) is 3.92. The molecule has 0 saturated heterocycles. The molecule has 1 heterocycles. The summed E-state index contributed by atoms with van der Waals surface area (Å²) < 4.78 is 25.2. The Morgan fingerprint density at radius 2 is 2.00 bits per heavy atom. The number of methoxy groups -OCH3 is 1. The lowest BCUT2D eigenvalue weighted by Crippen LogP contribution is -1.87. The monoisotopic (exact) mass is 369 g/mol. The maximum atomic E-state index is 13.8. The Morgan fingerprint density at radius 1 is 1.21 bits per heavy atom. The van der Waals surface area contributed by atoms with Gasteiger partial charge in [0, 0.05) is 5.56 Å². The number of fused-ring (bicyclic) bond motifs is 1. The molecule has 0 fully saturated rings. The van der Waals surface area contributed by atoms with Crippen LogP contribution in [0.5, 0.6) is 5.75 Å². The average Bonchev–Trinajstić information content (AvgIpc) is 2.84. The highest BCUT2D eigenvalue weighted by Gasteiger charge is 2.17. The van der Waals surface area contributed by atoms with Crippen LogP contribution >= 0.6 is 22.6 Å². The van der Waals surface area contributed by atoms with E-state index in [0.29, 0.717) is 22.6 Å². The lowest BCUT2D eigenvalue weighted by Gasteiger charge is -2.02. The van der Waals surface area contributed by atoms with Crippen molar-refractivity contribution in [3.05, 3.63) is 45.8 Å². The number of hydrogen-bond donors (Lipinski definition) is 0. The number of rotatable bonds is 2. The molecule has 3 rings (SSSR count). The van der Waals surface area contributed by atoms with E-state index in [0.717, 1.165) is 8.96 Å². The van der Waals surface area contributed by atoms with E-state index < -0.39 is 0 Å². The molecule has 0 aliphatic carbocycles. The van der Waals surface area contributed by atoms with Gasteiger partial charge in [-0.25, -0.2) is 4.39 Å². The molecule has 0 aliphatic rings. The first-order valence-electron chi connectivity index (χ1n) is 5.59. The highest BCUT2D eigenvalue weighted by molar-refractivity contribution is 14.1. The maximum absolute atomic E-state index is 13.8. The van der Waals surface area contributed by atoms with Crippen LogP contribution in [0.3, 0.4) is 0 Å². The first kappa shape index (κ1) is 12.4. The van der Waals surface area contributed by atoms with Gasteiger partial charge in [-0.2, -0.15) is 0 Å². The Labute approximate surface area is 122 Å². The summed E-state index contributed by atoms with van der Waals surface area (Å²) in [6.07, 6.45) is 0. The second kappa shape index (κ2) is 4.80. The van der Waals surface area contributed by atoms with E-state index in [9.17, 15) is 4.39 Å². The normalized spacial score (nSPS) is 10.9. The molecule has 0 unspecified atom stereocenters. The van der Waals surface area contributed by atoms with Gasteiger partial charge in [0.2, 0.25) is 0 Å². The van der Waals surface area contributed by atoms with Crippen LogP contribution in [-0.2, 0) is 0 Å². The smallest absolute Gasteiger partial charge is 0.184 e. The van der Waals surface area contributed by atoms with Crippen molar-refractivity contribution in [2.75, 3.05) is 7.11 Å². The summed E-state index contributed by atoms with van der Waals surface area (Å²) in [5, 5.41) is 4.76. The molecular formula is C14H9FINO2. The van der Waals surface area contributed by atoms with Crippen molar-refractivity contribution in [3.8, 4) is 17.0 Å². The molecule has 0 spiro atoms. The van der Waals surface area contributed by atoms with Crippen molar-refractivity contribution in [2.24, 2.45) is 0 Å². The molecule has 0 atom stereocenters. The standard InChI is InChI=1S/C14H9FINO2/c1-18-11-7-6-9-13(17-19-14(9)12(11)16)8-4-2-3-5-10(8)15/h2-7H,1H3. The zero-order chi connectivity index (χ0) is 13.4. The summed E-state index contributed by atoms with van der Waals surface area (Å²) in [6.45, 7) is 0. The summed E-state index contributed by atoms with van der Waals surface area (Å²) in [7, 11) is 1.59. The molecule has 0 saturated carbocycles. The van der Waals surface area contributed by atoms with Crippen LogP contribution in [0.2, 0.25) is 0 Å². The number of benzene rings is 2. The SMILES string of the molecule is COc1ccc2c(-c3ccccc3F)noc2c1I. The molecule has 2 aromatic carbocycles. The van der Waals surface area contributed by atoms with Crippen LogP contribution in [0.1, 0.15) is 0 Å². The van der Waals surface area contributed by atoms with Crippen LogP contribution in [-0.4, -0.2) is 12.3 Å². The van der Waals surface area contributed by atoms with Crippen molar-refractivity contribution in [1.29, 1.82) is 0 Å². The van der Waals surface area contributed by atoms with Crippen molar-refractivity contribution < 1.29 is 13.7 Å². The number of aromatic nitrogens is 1. The molecule has 0 radical (unpaired) electrons. The summed E-state index contributed by atoms with van der Waals surface area (Å²) in [6, 6.07) is 10.2. The Morgan fingerprint density at radius 3 is 2.74 bits per heavy atom. The van der Waals surface area contributed by atoms with Gasteiger partial charge in [-0.05, 0) is 46.9 Å². The minimum atomic E-state index is -0.316. The van der Waals surface area contributed by atoms with E-state index in [1.165, 1.54) is 6.07 Å². The van der Waals surface area contributed by atoms with Crippen molar-refractivity contribution in [1.82, 2.24) is 5.16 Å². The minimum absolute atomic E-state index is 0.316. The van der Waals surface area contributed by atoms with Crippen molar-refractivity contribution >= 4 is 33.6 Å². The zero-order valence-corrected chi connectivity index (χ0v) is 12.1. The number of halogens is 2. The van der Waals surface area contributed by atoms with Gasteiger partial charge in [0.05, 0.1) is 12.5 Å². The molecule has 0 amide bonds. The first-order chi connectivity index (χ1) is 9.22. The molecule has 3 aromatic rings. The Bertz CT molecular complexity index is 754. The number of hydrogen-bond acceptors (Lipinski definition) is 3. The number of ether oxygens (including phenoxy) is 1. The van der Waals surface area contributed by atoms with Crippen LogP contribution in [0.15, 0.2) is 40.9 Å². The second-order valence-corrected chi connectivity index (χ2v) is 5.05. The average molecular weight is 369 g/mol. The molecule has 96 valence electrons. The first-order valence-corrected chi connectivity index (χ1v) is 6.67. The van der Waals surface area contributed by atoms with Crippen LogP contribution in [0.25, 0.3) is 22.2 Å². The van der Waals surface area contributed by atoms with E-state index in [4.69, 9.17) is 9.26 Å². The van der Waals surface area contributed by atoms with Crippen LogP contribution < -0.4 is 4.74 Å². The Kier molecular flexibility index (Phi) is 3.14. The van der Waals surface area contributed by atoms with Crippen molar-refractivity contribution in [2.45, 2.75) is 0 Å². The van der Waals surface area contributed by atoms with Gasteiger partial charge >= 0.3 is 0 Å². The van der Waals surface area contributed by atoms with Crippen molar-refractivity contribution in [3.63, 3.8) is 0 Å². The lowest BCUT2D eigenvalue weighted by atomic mass is 10.1. The predicted molar refractivity (Wildman–Crippen MR) is 78.7 cm³/mol. The molecule has 3 nitrogen and oxygen atoms in total. The maximum Gasteiger partial charge on any atom is 0.184 e. The van der Waals surface area contributed by atoms with Gasteiger partial charge in [-0.1, -0.05) is 17.3 Å². The summed E-state index contributed by atoms with van der Waals surface area (Å²) in [4.78, 5) is 0. The molecule has 5 heteroatoms. The summed E-state index contributed by atoms with van der Waals surface area (Å²) in [5.74, 6) is 0.396. The summed E-state index contributed by atoms with van der Waals surface area (Å²) >= 11 is 2.13. The van der Waals surface area contributed by atoms with Gasteiger partial charge in [0.15, 0.2) is 5.58 Å². The largest absolute Gasteiger partial charge is 0.496 e. The third kappa shape index (κ3) is 1.98. The highest BCUT2D eigenvalue weighted by atomic mass is 127. The Balaban J connectivity index is 2.28. The molecule has 1 aromatic heterocycles. The van der Waals surface area contributed by atoms with E-state index in [1.807, 2.05) is 12.1 Å². The lowest BCUT2D eigenvalue weighted by molar-refractivity contribution is 0.408. The number of nitrogens with zero attached hydrogens (tertiary/aromatic N) is 1. The highest BCUT2D eigenvalue weighted by Crippen LogP contribution is 2.35. The Hall–Kier alpha value is -1.63. The topological polar surface area (TPSA) is 35.3 Å². The van der Waals surface area contributed by atoms with E-state index in [2.05, 4.69) is 27.7 Å². The van der Waals surface area contributed by atoms with Gasteiger partial charge in [0.1, 0.15) is 20.8 Å². The summed E-state index contributed by atoms with van der Waals surface area (Å²) in [5.41, 5.74) is 1.55. The fourth-order valence-corrected chi connectivity index (χ4v) is 2.75. The quantitative estimate of drug-likeness (QED) is 0.634. The molecule has 0 bridgehead atoms. The van der Waals surface area contributed by atoms with Gasteiger partial charge < -0.3 is 9.26 Å². The fourth-order valence-electron chi connectivity index (χ4n) is 1.96. The van der Waals surface area contributed by atoms with E-state index in [1.54, 1.807) is 25.3 Å². The second-order valence-electron chi connectivity index (χ2n) is 3.97. The minimum Gasteiger partial charge on any atom is -0.496 e. The van der Waals surface area contributed by atoms with Crippen LogP contribution in [0.4, 0.5) is 4.39 Å². The van der Waals surface area contributed by atoms with Gasteiger partial charge in [-0.3, -0.25) is 0 Å². The van der Waals surface area contributed by atoms with E-state index >= 15 is 0 Å². The van der Waals surface area contributed by atoms with Crippen LogP contribution in [0, 0.1) is 9.39 Å². The van der Waals surface area contributed by atoms with Gasteiger partial charge in [0.25, 0.3) is 0 Å². The predicted octanol–water partition coefficient (Wildman–Crippen LogP) is 4.25. The zero-order valence-electron chi connectivity index (χ0n) is 9.98. The molecule has 19 heavy (non-hydrogen) atoms.